The number of hydrogen-bond donors (Lipinski definition) is 1. The number of halogens is 1. The van der Waals surface area contributed by atoms with Gasteiger partial charge in [-0.3, -0.25) is 5.10 Å². The lowest BCUT2D eigenvalue weighted by atomic mass is 10.2. The molecular formula is C20H15FN4OS. The Morgan fingerprint density at radius 1 is 1.00 bits per heavy atom. The molecule has 0 atom stereocenters. The van der Waals surface area contributed by atoms with Gasteiger partial charge in [0.25, 0.3) is 0 Å². The van der Waals surface area contributed by atoms with Gasteiger partial charge in [0.05, 0.1) is 5.69 Å². The van der Waals surface area contributed by atoms with Crippen molar-refractivity contribution >= 4 is 23.9 Å². The van der Waals surface area contributed by atoms with Crippen LogP contribution in [0.1, 0.15) is 17.1 Å². The van der Waals surface area contributed by atoms with Crippen LogP contribution in [0.3, 0.4) is 0 Å². The van der Waals surface area contributed by atoms with Crippen molar-refractivity contribution in [2.24, 2.45) is 0 Å². The second-order valence-corrected chi connectivity index (χ2v) is 6.63. The van der Waals surface area contributed by atoms with E-state index in [-0.39, 0.29) is 5.82 Å². The Labute approximate surface area is 159 Å². The molecule has 7 heteroatoms. The third-order valence-electron chi connectivity index (χ3n) is 3.71. The first-order chi connectivity index (χ1) is 13.3. The number of aromatic nitrogens is 4. The van der Waals surface area contributed by atoms with Crippen molar-refractivity contribution < 1.29 is 8.81 Å². The predicted molar refractivity (Wildman–Crippen MR) is 103 cm³/mol. The maximum absolute atomic E-state index is 12.9. The second-order valence-electron chi connectivity index (χ2n) is 5.69. The molecule has 0 spiro atoms. The highest BCUT2D eigenvalue weighted by Gasteiger charge is 2.08. The van der Waals surface area contributed by atoms with E-state index in [0.29, 0.717) is 22.6 Å². The quantitative estimate of drug-likeness (QED) is 0.475. The van der Waals surface area contributed by atoms with Gasteiger partial charge in [0.2, 0.25) is 11.0 Å². The number of benzene rings is 2. The van der Waals surface area contributed by atoms with Gasteiger partial charge < -0.3 is 4.42 Å². The van der Waals surface area contributed by atoms with Crippen LogP contribution in [0.25, 0.3) is 23.6 Å². The largest absolute Gasteiger partial charge is 0.444 e. The van der Waals surface area contributed by atoms with Crippen molar-refractivity contribution in [3.8, 4) is 11.5 Å². The van der Waals surface area contributed by atoms with Crippen molar-refractivity contribution in [3.63, 3.8) is 0 Å². The summed E-state index contributed by atoms with van der Waals surface area (Å²) in [6.07, 6.45) is 5.30. The molecule has 0 aliphatic heterocycles. The Morgan fingerprint density at radius 3 is 2.63 bits per heavy atom. The summed E-state index contributed by atoms with van der Waals surface area (Å²) in [4.78, 5) is 8.89. The molecule has 0 saturated heterocycles. The van der Waals surface area contributed by atoms with Crippen LogP contribution in [0.15, 0.2) is 70.4 Å². The number of H-pyrrole nitrogens is 1. The van der Waals surface area contributed by atoms with E-state index in [1.807, 2.05) is 36.4 Å². The minimum atomic E-state index is -0.256. The van der Waals surface area contributed by atoms with E-state index in [1.165, 1.54) is 23.9 Å². The van der Waals surface area contributed by atoms with Gasteiger partial charge >= 0.3 is 0 Å². The molecule has 0 aliphatic carbocycles. The smallest absolute Gasteiger partial charge is 0.226 e. The zero-order valence-corrected chi connectivity index (χ0v) is 15.0. The minimum absolute atomic E-state index is 0.256. The molecule has 0 radical (unpaired) electrons. The van der Waals surface area contributed by atoms with Crippen molar-refractivity contribution in [1.82, 2.24) is 20.2 Å². The van der Waals surface area contributed by atoms with Gasteiger partial charge in [-0.05, 0) is 35.9 Å². The van der Waals surface area contributed by atoms with Crippen molar-refractivity contribution in [1.29, 1.82) is 0 Å². The highest BCUT2D eigenvalue weighted by molar-refractivity contribution is 7.98. The number of hydrogen-bond acceptors (Lipinski definition) is 5. The summed E-state index contributed by atoms with van der Waals surface area (Å²) in [7, 11) is 0. The SMILES string of the molecule is Fc1ccc(/C=C/c2nc(SCc3coc(-c4ccccc4)n3)n[nH]2)cc1. The summed E-state index contributed by atoms with van der Waals surface area (Å²) in [5, 5.41) is 7.67. The summed E-state index contributed by atoms with van der Waals surface area (Å²) in [6.45, 7) is 0. The molecule has 0 saturated carbocycles. The van der Waals surface area contributed by atoms with Gasteiger partial charge in [-0.15, -0.1) is 5.10 Å². The van der Waals surface area contributed by atoms with Crippen LogP contribution in [0.5, 0.6) is 0 Å². The molecule has 2 aromatic carbocycles. The third kappa shape index (κ3) is 4.51. The molecule has 134 valence electrons. The van der Waals surface area contributed by atoms with E-state index in [4.69, 9.17) is 4.42 Å². The molecule has 5 nitrogen and oxygen atoms in total. The lowest BCUT2D eigenvalue weighted by Crippen LogP contribution is -1.83. The zero-order valence-electron chi connectivity index (χ0n) is 14.2. The van der Waals surface area contributed by atoms with E-state index < -0.39 is 0 Å². The molecule has 4 rings (SSSR count). The molecule has 0 amide bonds. The van der Waals surface area contributed by atoms with Gasteiger partial charge in [0, 0.05) is 11.3 Å². The van der Waals surface area contributed by atoms with Crippen LogP contribution in [-0.4, -0.2) is 20.2 Å². The maximum Gasteiger partial charge on any atom is 0.226 e. The molecule has 2 aromatic heterocycles. The highest BCUT2D eigenvalue weighted by atomic mass is 32.2. The number of thioether (sulfide) groups is 1. The molecule has 2 heterocycles. The third-order valence-corrected chi connectivity index (χ3v) is 4.59. The van der Waals surface area contributed by atoms with Crippen LogP contribution in [0.2, 0.25) is 0 Å². The van der Waals surface area contributed by atoms with Gasteiger partial charge in [-0.25, -0.2) is 14.4 Å². The average Bonchev–Trinajstić information content (AvgIpc) is 3.36. The van der Waals surface area contributed by atoms with Crippen LogP contribution >= 0.6 is 11.8 Å². The number of nitrogens with one attached hydrogen (secondary N) is 1. The standard InChI is InChI=1S/C20H15FN4OS/c21-16-9-6-14(7-10-16)8-11-18-23-20(25-24-18)27-13-17-12-26-19(22-17)15-4-2-1-3-5-15/h1-12H,13H2,(H,23,24,25)/b11-8+. The van der Waals surface area contributed by atoms with Gasteiger partial charge in [-0.2, -0.15) is 0 Å². The van der Waals surface area contributed by atoms with Gasteiger partial charge in [-0.1, -0.05) is 48.2 Å². The Bertz CT molecular complexity index is 1040. The van der Waals surface area contributed by atoms with Gasteiger partial charge in [0.15, 0.2) is 0 Å². The van der Waals surface area contributed by atoms with E-state index in [9.17, 15) is 4.39 Å². The zero-order chi connectivity index (χ0) is 18.5. The van der Waals surface area contributed by atoms with Crippen molar-refractivity contribution in [2.45, 2.75) is 10.9 Å². The van der Waals surface area contributed by atoms with Crippen molar-refractivity contribution in [2.75, 3.05) is 0 Å². The summed E-state index contributed by atoms with van der Waals surface area (Å²) in [5.74, 6) is 1.58. The average molecular weight is 378 g/mol. The molecule has 0 aliphatic rings. The molecule has 0 unspecified atom stereocenters. The van der Waals surface area contributed by atoms with E-state index in [2.05, 4.69) is 20.2 Å². The molecule has 0 fully saturated rings. The molecule has 1 N–H and O–H groups in total. The summed E-state index contributed by atoms with van der Waals surface area (Å²) >= 11 is 1.47. The number of nitrogens with zero attached hydrogens (tertiary/aromatic N) is 3. The minimum Gasteiger partial charge on any atom is -0.444 e. The number of rotatable bonds is 6. The first-order valence-corrected chi connectivity index (χ1v) is 9.23. The normalized spacial score (nSPS) is 11.3. The topological polar surface area (TPSA) is 67.6 Å². The first-order valence-electron chi connectivity index (χ1n) is 8.25. The molecule has 0 bridgehead atoms. The van der Waals surface area contributed by atoms with E-state index in [1.54, 1.807) is 24.5 Å². The van der Waals surface area contributed by atoms with Crippen LogP contribution in [-0.2, 0) is 5.75 Å². The fourth-order valence-electron chi connectivity index (χ4n) is 2.37. The fourth-order valence-corrected chi connectivity index (χ4v) is 3.05. The monoisotopic (exact) mass is 378 g/mol. The fraction of sp³-hybridized carbons (Fsp3) is 0.0500. The van der Waals surface area contributed by atoms with Gasteiger partial charge in [0.1, 0.15) is 17.9 Å². The lowest BCUT2D eigenvalue weighted by molar-refractivity contribution is 0.573. The summed E-state index contributed by atoms with van der Waals surface area (Å²) in [5.41, 5.74) is 2.66. The number of oxazole rings is 1. The Morgan fingerprint density at radius 2 is 1.81 bits per heavy atom. The Hall–Kier alpha value is -3.19. The highest BCUT2D eigenvalue weighted by Crippen LogP contribution is 2.23. The second kappa shape index (κ2) is 8.01. The lowest BCUT2D eigenvalue weighted by Gasteiger charge is -1.93. The van der Waals surface area contributed by atoms with Crippen molar-refractivity contribution in [3.05, 3.63) is 83.8 Å². The molecule has 4 aromatic rings. The Balaban J connectivity index is 1.36. The number of aromatic amines is 1. The van der Waals surface area contributed by atoms with Crippen LogP contribution in [0, 0.1) is 5.82 Å². The predicted octanol–water partition coefficient (Wildman–Crippen LogP) is 5.06. The van der Waals surface area contributed by atoms with E-state index >= 15 is 0 Å². The molecule has 27 heavy (non-hydrogen) atoms. The maximum atomic E-state index is 12.9. The van der Waals surface area contributed by atoms with Crippen LogP contribution < -0.4 is 0 Å². The van der Waals surface area contributed by atoms with E-state index in [0.717, 1.165) is 16.8 Å². The van der Waals surface area contributed by atoms with Crippen LogP contribution in [0.4, 0.5) is 4.39 Å². The first kappa shape index (κ1) is 17.2. The summed E-state index contributed by atoms with van der Waals surface area (Å²) < 4.78 is 18.4. The Kier molecular flexibility index (Phi) is 5.11. The summed E-state index contributed by atoms with van der Waals surface area (Å²) in [6, 6.07) is 16.0. The molecular weight excluding hydrogens is 363 g/mol.